The normalized spacial score (nSPS) is 18.8. The Kier molecular flexibility index (Phi) is 6.16. The summed E-state index contributed by atoms with van der Waals surface area (Å²) in [6, 6.07) is 8.38. The van der Waals surface area contributed by atoms with Crippen molar-refractivity contribution in [3.05, 3.63) is 62.6 Å². The number of nitrogens with zero attached hydrogens (tertiary/aromatic N) is 1. The van der Waals surface area contributed by atoms with Crippen LogP contribution in [0.4, 0.5) is 23.7 Å². The third kappa shape index (κ3) is 4.71. The van der Waals surface area contributed by atoms with E-state index in [1.54, 1.807) is 0 Å². The van der Waals surface area contributed by atoms with Gasteiger partial charge >= 0.3 is 12.3 Å². The standard InChI is InChI=1S/C18H12Cl3F3N2O3/c1-28-17(27)25-13-6-8(2-3-12(13)21)15-14(16(29-26-15)18(22,23)24)9-4-10(19)7-11(20)5-9/h2-7,14,16H,1H3,(H,25,27). The van der Waals surface area contributed by atoms with Gasteiger partial charge in [0, 0.05) is 15.6 Å². The van der Waals surface area contributed by atoms with Gasteiger partial charge < -0.3 is 9.57 Å². The summed E-state index contributed by atoms with van der Waals surface area (Å²) in [5.41, 5.74) is 0.555. The van der Waals surface area contributed by atoms with Gasteiger partial charge in [-0.1, -0.05) is 46.0 Å². The molecule has 1 heterocycles. The first-order valence-electron chi connectivity index (χ1n) is 8.01. The van der Waals surface area contributed by atoms with Gasteiger partial charge in [-0.05, 0) is 35.9 Å². The summed E-state index contributed by atoms with van der Waals surface area (Å²) in [7, 11) is 1.16. The molecule has 1 aliphatic rings. The maximum Gasteiger partial charge on any atom is 0.429 e. The van der Waals surface area contributed by atoms with Crippen LogP contribution in [0, 0.1) is 0 Å². The van der Waals surface area contributed by atoms with Gasteiger partial charge in [0.2, 0.25) is 6.10 Å². The van der Waals surface area contributed by atoms with E-state index in [1.165, 1.54) is 36.4 Å². The fourth-order valence-electron chi connectivity index (χ4n) is 2.88. The molecule has 0 saturated heterocycles. The van der Waals surface area contributed by atoms with Crippen LogP contribution in [0.1, 0.15) is 17.0 Å². The van der Waals surface area contributed by atoms with Crippen molar-refractivity contribution in [2.75, 3.05) is 12.4 Å². The largest absolute Gasteiger partial charge is 0.453 e. The van der Waals surface area contributed by atoms with Gasteiger partial charge in [-0.15, -0.1) is 0 Å². The zero-order valence-electron chi connectivity index (χ0n) is 14.6. The van der Waals surface area contributed by atoms with E-state index in [-0.39, 0.29) is 37.6 Å². The Morgan fingerprint density at radius 3 is 2.38 bits per heavy atom. The summed E-state index contributed by atoms with van der Waals surface area (Å²) in [5.74, 6) is -1.33. The lowest BCUT2D eigenvalue weighted by atomic mass is 9.85. The molecule has 0 aliphatic carbocycles. The Morgan fingerprint density at radius 1 is 1.14 bits per heavy atom. The number of nitrogens with one attached hydrogen (secondary N) is 1. The van der Waals surface area contributed by atoms with E-state index in [0.717, 1.165) is 7.11 Å². The van der Waals surface area contributed by atoms with Gasteiger partial charge in [-0.2, -0.15) is 13.2 Å². The Labute approximate surface area is 178 Å². The van der Waals surface area contributed by atoms with Crippen LogP contribution >= 0.6 is 34.8 Å². The molecule has 2 atom stereocenters. The number of hydrogen-bond acceptors (Lipinski definition) is 4. The number of methoxy groups -OCH3 is 1. The molecule has 11 heteroatoms. The van der Waals surface area contributed by atoms with Gasteiger partial charge in [0.1, 0.15) is 0 Å². The molecule has 0 spiro atoms. The lowest BCUT2D eigenvalue weighted by molar-refractivity contribution is -0.216. The van der Waals surface area contributed by atoms with Crippen molar-refractivity contribution < 1.29 is 27.5 Å². The van der Waals surface area contributed by atoms with Crippen LogP contribution in [0.15, 0.2) is 41.6 Å². The molecule has 2 aromatic rings. The molecule has 0 radical (unpaired) electrons. The number of ether oxygens (including phenoxy) is 1. The number of halogens is 6. The molecular formula is C18H12Cl3F3N2O3. The van der Waals surface area contributed by atoms with Crippen LogP contribution in [0.2, 0.25) is 15.1 Å². The maximum atomic E-state index is 13.6. The highest BCUT2D eigenvalue weighted by Crippen LogP contribution is 2.42. The molecule has 2 aromatic carbocycles. The highest BCUT2D eigenvalue weighted by molar-refractivity contribution is 6.35. The minimum absolute atomic E-state index is 0.0183. The van der Waals surface area contributed by atoms with Gasteiger partial charge in [-0.3, -0.25) is 5.32 Å². The summed E-state index contributed by atoms with van der Waals surface area (Å²) in [6.07, 6.45) is -7.73. The molecule has 154 valence electrons. The number of rotatable bonds is 3. The highest BCUT2D eigenvalue weighted by Gasteiger charge is 2.53. The van der Waals surface area contributed by atoms with Crippen molar-refractivity contribution in [3.8, 4) is 0 Å². The van der Waals surface area contributed by atoms with Crippen molar-refractivity contribution in [1.82, 2.24) is 0 Å². The molecule has 3 rings (SSSR count). The average molecular weight is 468 g/mol. The first-order chi connectivity index (χ1) is 13.6. The van der Waals surface area contributed by atoms with Crippen LogP contribution in [-0.2, 0) is 9.57 Å². The van der Waals surface area contributed by atoms with Crippen molar-refractivity contribution in [2.24, 2.45) is 5.16 Å². The molecule has 1 N–H and O–H groups in total. The molecule has 29 heavy (non-hydrogen) atoms. The monoisotopic (exact) mass is 466 g/mol. The summed E-state index contributed by atoms with van der Waals surface area (Å²) >= 11 is 18.0. The number of oxime groups is 1. The lowest BCUT2D eigenvalue weighted by Crippen LogP contribution is -2.35. The van der Waals surface area contributed by atoms with Crippen LogP contribution in [0.3, 0.4) is 0 Å². The predicted octanol–water partition coefficient (Wildman–Crippen LogP) is 6.27. The molecule has 0 bridgehead atoms. The van der Waals surface area contributed by atoms with E-state index in [4.69, 9.17) is 39.6 Å². The van der Waals surface area contributed by atoms with Crippen LogP contribution < -0.4 is 5.32 Å². The molecule has 0 fully saturated rings. The van der Waals surface area contributed by atoms with Crippen LogP contribution in [0.5, 0.6) is 0 Å². The summed E-state index contributed by atoms with van der Waals surface area (Å²) in [5, 5.41) is 6.55. The SMILES string of the molecule is COC(=O)Nc1cc(C2=NOC(C(F)(F)F)C2c2cc(Cl)cc(Cl)c2)ccc1Cl. The van der Waals surface area contributed by atoms with E-state index in [2.05, 4.69) is 15.2 Å². The predicted molar refractivity (Wildman–Crippen MR) is 104 cm³/mol. The molecule has 5 nitrogen and oxygen atoms in total. The highest BCUT2D eigenvalue weighted by atomic mass is 35.5. The van der Waals surface area contributed by atoms with Gasteiger partial charge in [0.05, 0.1) is 29.4 Å². The quantitative estimate of drug-likeness (QED) is 0.578. The Bertz CT molecular complexity index is 962. The van der Waals surface area contributed by atoms with Crippen molar-refractivity contribution in [3.63, 3.8) is 0 Å². The average Bonchev–Trinajstić information content (AvgIpc) is 3.08. The third-order valence-corrected chi connectivity index (χ3v) is 4.88. The van der Waals surface area contributed by atoms with Gasteiger partial charge in [0.25, 0.3) is 0 Å². The maximum absolute atomic E-state index is 13.6. The van der Waals surface area contributed by atoms with Gasteiger partial charge in [-0.25, -0.2) is 4.79 Å². The van der Waals surface area contributed by atoms with Crippen LogP contribution in [0.25, 0.3) is 0 Å². The fraction of sp³-hybridized carbons (Fsp3) is 0.222. The molecule has 1 amide bonds. The van der Waals surface area contributed by atoms with E-state index in [0.29, 0.717) is 0 Å². The Balaban J connectivity index is 2.07. The molecular weight excluding hydrogens is 456 g/mol. The van der Waals surface area contributed by atoms with Crippen molar-refractivity contribution in [1.29, 1.82) is 0 Å². The van der Waals surface area contributed by atoms with Crippen LogP contribution in [-0.4, -0.2) is 31.2 Å². The minimum atomic E-state index is -4.70. The van der Waals surface area contributed by atoms with E-state index < -0.39 is 24.3 Å². The summed E-state index contributed by atoms with van der Waals surface area (Å²) in [6.45, 7) is 0. The second kappa shape index (κ2) is 8.30. The fourth-order valence-corrected chi connectivity index (χ4v) is 3.59. The van der Waals surface area contributed by atoms with E-state index >= 15 is 0 Å². The second-order valence-electron chi connectivity index (χ2n) is 6.04. The van der Waals surface area contributed by atoms with Gasteiger partial charge in [0.15, 0.2) is 0 Å². The molecule has 0 saturated carbocycles. The summed E-state index contributed by atoms with van der Waals surface area (Å²) in [4.78, 5) is 16.2. The molecule has 0 aromatic heterocycles. The number of carbonyl (C=O) groups is 1. The van der Waals surface area contributed by atoms with Crippen molar-refractivity contribution in [2.45, 2.75) is 18.2 Å². The first kappa shape index (κ1) is 21.5. The number of benzene rings is 2. The zero-order valence-corrected chi connectivity index (χ0v) is 16.8. The summed E-state index contributed by atoms with van der Waals surface area (Å²) < 4.78 is 45.3. The number of hydrogen-bond donors (Lipinski definition) is 1. The number of carbonyl (C=O) groups excluding carboxylic acids is 1. The van der Waals surface area contributed by atoms with Crippen molar-refractivity contribution >= 4 is 52.3 Å². The van der Waals surface area contributed by atoms with E-state index in [1.807, 2.05) is 0 Å². The first-order valence-corrected chi connectivity index (χ1v) is 9.15. The zero-order chi connectivity index (χ0) is 21.3. The Morgan fingerprint density at radius 2 is 1.79 bits per heavy atom. The number of alkyl halides is 3. The minimum Gasteiger partial charge on any atom is -0.453 e. The lowest BCUT2D eigenvalue weighted by Gasteiger charge is -2.22. The number of amides is 1. The smallest absolute Gasteiger partial charge is 0.429 e. The topological polar surface area (TPSA) is 59.9 Å². The molecule has 1 aliphatic heterocycles. The second-order valence-corrected chi connectivity index (χ2v) is 7.32. The molecule has 2 unspecified atom stereocenters. The third-order valence-electron chi connectivity index (χ3n) is 4.11. The van der Waals surface area contributed by atoms with E-state index in [9.17, 15) is 18.0 Å². The Hall–Kier alpha value is -2.16. The number of anilines is 1.